The van der Waals surface area contributed by atoms with Crippen LogP contribution in [0.1, 0.15) is 40.4 Å². The van der Waals surface area contributed by atoms with Crippen LogP contribution in [0.4, 0.5) is 4.79 Å². The molecule has 10 heteroatoms. The van der Waals surface area contributed by atoms with E-state index in [4.69, 9.17) is 9.84 Å². The van der Waals surface area contributed by atoms with Gasteiger partial charge in [0.2, 0.25) is 5.91 Å². The van der Waals surface area contributed by atoms with E-state index in [1.54, 1.807) is 0 Å². The molecule has 0 radical (unpaired) electrons. The summed E-state index contributed by atoms with van der Waals surface area (Å²) in [6.07, 6.45) is 1.71. The van der Waals surface area contributed by atoms with E-state index in [0.717, 1.165) is 22.3 Å². The van der Waals surface area contributed by atoms with Crippen molar-refractivity contribution in [3.63, 3.8) is 0 Å². The Morgan fingerprint density at radius 3 is 2.29 bits per heavy atom. The fourth-order valence-electron chi connectivity index (χ4n) is 4.32. The van der Waals surface area contributed by atoms with Gasteiger partial charge in [0.25, 0.3) is 0 Å². The normalized spacial score (nSPS) is 15.2. The van der Waals surface area contributed by atoms with E-state index in [-0.39, 0.29) is 37.2 Å². The third-order valence-corrected chi connectivity index (χ3v) is 6.25. The van der Waals surface area contributed by atoms with Crippen molar-refractivity contribution in [1.82, 2.24) is 25.6 Å². The number of amides is 2. The zero-order valence-electron chi connectivity index (χ0n) is 18.2. The van der Waals surface area contributed by atoms with Crippen molar-refractivity contribution in [3.05, 3.63) is 71.5 Å². The number of ether oxygens (including phenoxy) is 1. The minimum Gasteiger partial charge on any atom is -0.476 e. The topological polar surface area (TPSA) is 135 Å². The number of aromatic nitrogens is 3. The Hall–Kier alpha value is -4.21. The van der Waals surface area contributed by atoms with Crippen LogP contribution in [0, 0.1) is 0 Å². The smallest absolute Gasteiger partial charge is 0.408 e. The monoisotopic (exact) mass is 461 g/mol. The number of carbonyl (C=O) groups is 3. The molecule has 1 aromatic heterocycles. The molecule has 0 unspecified atom stereocenters. The van der Waals surface area contributed by atoms with Gasteiger partial charge >= 0.3 is 12.1 Å². The molecule has 10 nitrogen and oxygen atoms in total. The van der Waals surface area contributed by atoms with Crippen molar-refractivity contribution in [3.8, 4) is 11.1 Å². The lowest BCUT2D eigenvalue weighted by atomic mass is 9.98. The molecule has 3 N–H and O–H groups in total. The number of alkyl carbamates (subject to hydrolysis) is 1. The summed E-state index contributed by atoms with van der Waals surface area (Å²) in [5, 5.41) is 21.6. The minimum atomic E-state index is -1.17. The lowest BCUT2D eigenvalue weighted by Crippen LogP contribution is -2.49. The third-order valence-electron chi connectivity index (χ3n) is 6.25. The zero-order chi connectivity index (χ0) is 23.7. The summed E-state index contributed by atoms with van der Waals surface area (Å²) < 4.78 is 6.89. The number of carboxylic acid groups (broad SMARTS) is 1. The molecule has 0 aliphatic heterocycles. The molecule has 34 heavy (non-hydrogen) atoms. The Balaban J connectivity index is 1.14. The second-order valence-corrected chi connectivity index (χ2v) is 8.46. The number of nitrogens with zero attached hydrogens (tertiary/aromatic N) is 3. The highest BCUT2D eigenvalue weighted by Gasteiger charge is 2.51. The second kappa shape index (κ2) is 8.62. The van der Waals surface area contributed by atoms with Crippen LogP contribution in [0.25, 0.3) is 11.1 Å². The predicted octanol–water partition coefficient (Wildman–Crippen LogP) is 2.16. The summed E-state index contributed by atoms with van der Waals surface area (Å²) in [6, 6.07) is 16.2. The van der Waals surface area contributed by atoms with Crippen molar-refractivity contribution in [2.24, 2.45) is 0 Å². The summed E-state index contributed by atoms with van der Waals surface area (Å²) in [5.41, 5.74) is 3.39. The molecule has 1 fully saturated rings. The van der Waals surface area contributed by atoms with E-state index < -0.39 is 17.6 Å². The number of carbonyl (C=O) groups excluding carboxylic acids is 2. The quantitative estimate of drug-likeness (QED) is 0.468. The van der Waals surface area contributed by atoms with Crippen molar-refractivity contribution in [2.45, 2.75) is 30.8 Å². The van der Waals surface area contributed by atoms with Crippen LogP contribution < -0.4 is 10.6 Å². The van der Waals surface area contributed by atoms with Crippen LogP contribution >= 0.6 is 0 Å². The van der Waals surface area contributed by atoms with Gasteiger partial charge < -0.3 is 20.5 Å². The molecule has 2 aliphatic carbocycles. The molecule has 2 aliphatic rings. The number of fused-ring (bicyclic) bond motifs is 3. The van der Waals surface area contributed by atoms with Crippen LogP contribution in [0.5, 0.6) is 0 Å². The first-order valence-corrected chi connectivity index (χ1v) is 11.0. The molecule has 0 spiro atoms. The Kier molecular flexibility index (Phi) is 5.48. The number of nitrogens with one attached hydrogen (secondary N) is 2. The van der Waals surface area contributed by atoms with E-state index in [1.165, 1.54) is 10.9 Å². The largest absolute Gasteiger partial charge is 0.476 e. The predicted molar refractivity (Wildman–Crippen MR) is 120 cm³/mol. The van der Waals surface area contributed by atoms with Crippen LogP contribution in [0.15, 0.2) is 54.7 Å². The molecule has 2 aromatic carbocycles. The Morgan fingerprint density at radius 2 is 1.71 bits per heavy atom. The van der Waals surface area contributed by atoms with E-state index in [1.807, 2.05) is 36.4 Å². The molecular weight excluding hydrogens is 438 g/mol. The van der Waals surface area contributed by atoms with Crippen molar-refractivity contribution in [2.75, 3.05) is 13.2 Å². The zero-order valence-corrected chi connectivity index (χ0v) is 18.2. The maximum absolute atomic E-state index is 12.6. The maximum atomic E-state index is 12.6. The Morgan fingerprint density at radius 1 is 1.06 bits per heavy atom. The summed E-state index contributed by atoms with van der Waals surface area (Å²) >= 11 is 0. The Bertz CT molecular complexity index is 1220. The van der Waals surface area contributed by atoms with Gasteiger partial charge in [0.15, 0.2) is 5.69 Å². The van der Waals surface area contributed by atoms with Gasteiger partial charge in [-0.25, -0.2) is 14.3 Å². The Labute approximate surface area is 194 Å². The van der Waals surface area contributed by atoms with E-state index >= 15 is 0 Å². The maximum Gasteiger partial charge on any atom is 0.408 e. The SMILES string of the molecule is O=C(NC1(C(=O)NCCn2cc(C(=O)O)nn2)CC1)OCC1c2ccccc2-c2ccccc21. The third kappa shape index (κ3) is 4.09. The summed E-state index contributed by atoms with van der Waals surface area (Å²) in [4.78, 5) is 36.0. The number of benzene rings is 2. The average Bonchev–Trinajstić information content (AvgIpc) is 3.33. The molecule has 2 amide bonds. The van der Waals surface area contributed by atoms with Gasteiger partial charge in [-0.2, -0.15) is 0 Å². The number of hydrogen-bond donors (Lipinski definition) is 3. The molecule has 1 heterocycles. The van der Waals surface area contributed by atoms with Crippen LogP contribution in [0.3, 0.4) is 0 Å². The van der Waals surface area contributed by atoms with Gasteiger partial charge in [-0.1, -0.05) is 53.7 Å². The molecule has 0 bridgehead atoms. The van der Waals surface area contributed by atoms with Gasteiger partial charge in [0.05, 0.1) is 12.7 Å². The number of hydrogen-bond acceptors (Lipinski definition) is 6. The lowest BCUT2D eigenvalue weighted by molar-refractivity contribution is -0.124. The van der Waals surface area contributed by atoms with Crippen LogP contribution in [-0.4, -0.2) is 56.8 Å². The average molecular weight is 461 g/mol. The van der Waals surface area contributed by atoms with E-state index in [2.05, 4.69) is 33.1 Å². The van der Waals surface area contributed by atoms with Gasteiger partial charge in [-0.15, -0.1) is 5.10 Å². The highest BCUT2D eigenvalue weighted by Crippen LogP contribution is 2.44. The number of carboxylic acids is 1. The van der Waals surface area contributed by atoms with Crippen molar-refractivity contribution in [1.29, 1.82) is 0 Å². The van der Waals surface area contributed by atoms with E-state index in [0.29, 0.717) is 12.8 Å². The fourth-order valence-corrected chi connectivity index (χ4v) is 4.32. The molecule has 0 atom stereocenters. The van der Waals surface area contributed by atoms with Crippen LogP contribution in [0.2, 0.25) is 0 Å². The summed E-state index contributed by atoms with van der Waals surface area (Å²) in [5.74, 6) is -1.53. The first kappa shape index (κ1) is 21.6. The highest BCUT2D eigenvalue weighted by atomic mass is 16.5. The summed E-state index contributed by atoms with van der Waals surface area (Å²) in [7, 11) is 0. The molecule has 174 valence electrons. The minimum absolute atomic E-state index is 0.0551. The lowest BCUT2D eigenvalue weighted by Gasteiger charge is -2.19. The van der Waals surface area contributed by atoms with Crippen LogP contribution in [-0.2, 0) is 16.1 Å². The van der Waals surface area contributed by atoms with Gasteiger partial charge in [0, 0.05) is 12.5 Å². The van der Waals surface area contributed by atoms with Gasteiger partial charge in [0.1, 0.15) is 12.1 Å². The van der Waals surface area contributed by atoms with E-state index in [9.17, 15) is 14.4 Å². The molecule has 3 aromatic rings. The standard InChI is InChI=1S/C24H23N5O5/c30-21(31)20-13-29(28-27-20)12-11-25-22(32)24(9-10-24)26-23(33)34-14-19-17-7-3-1-5-15(17)16-6-2-4-8-18(16)19/h1-8,13,19H,9-12,14H2,(H,25,32)(H,26,33)(H,30,31). The fraction of sp³-hybridized carbons (Fsp3) is 0.292. The molecular formula is C24H23N5O5. The van der Waals surface area contributed by atoms with Gasteiger partial charge in [-0.05, 0) is 35.1 Å². The number of aromatic carboxylic acids is 1. The highest BCUT2D eigenvalue weighted by molar-refractivity contribution is 5.92. The van der Waals surface area contributed by atoms with Crippen molar-refractivity contribution >= 4 is 18.0 Å². The second-order valence-electron chi connectivity index (χ2n) is 8.46. The number of rotatable bonds is 8. The summed E-state index contributed by atoms with van der Waals surface area (Å²) in [6.45, 7) is 0.651. The molecule has 1 saturated carbocycles. The van der Waals surface area contributed by atoms with Crippen molar-refractivity contribution < 1.29 is 24.2 Å². The van der Waals surface area contributed by atoms with Gasteiger partial charge in [-0.3, -0.25) is 4.79 Å². The molecule has 5 rings (SSSR count). The first-order valence-electron chi connectivity index (χ1n) is 11.0. The first-order chi connectivity index (χ1) is 16.5. The molecule has 0 saturated heterocycles.